The standard InChI is InChI=1S/C7H10N2O/c10-8-9-4-6-2-1-3-7(6)5-9/h1-2,6-7H,3-5H2. The molecule has 1 aliphatic carbocycles. The van der Waals surface area contributed by atoms with Gasteiger partial charge in [-0.25, -0.2) is 0 Å². The van der Waals surface area contributed by atoms with E-state index < -0.39 is 0 Å². The van der Waals surface area contributed by atoms with Crippen molar-refractivity contribution >= 4 is 0 Å². The van der Waals surface area contributed by atoms with E-state index in [4.69, 9.17) is 0 Å². The van der Waals surface area contributed by atoms with Crippen molar-refractivity contribution in [2.45, 2.75) is 6.42 Å². The highest BCUT2D eigenvalue weighted by atomic mass is 16.3. The molecule has 0 aromatic carbocycles. The van der Waals surface area contributed by atoms with Gasteiger partial charge in [-0.05, 0) is 12.3 Å². The first-order chi connectivity index (χ1) is 4.90. The number of hydrogen-bond donors (Lipinski definition) is 0. The van der Waals surface area contributed by atoms with E-state index in [9.17, 15) is 4.91 Å². The Morgan fingerprint density at radius 2 is 2.40 bits per heavy atom. The molecule has 1 saturated heterocycles. The first-order valence-corrected chi connectivity index (χ1v) is 3.65. The lowest BCUT2D eigenvalue weighted by molar-refractivity contribution is 0.336. The minimum absolute atomic E-state index is 0.609. The van der Waals surface area contributed by atoms with Crippen LogP contribution in [0.25, 0.3) is 0 Å². The van der Waals surface area contributed by atoms with Crippen molar-refractivity contribution in [2.75, 3.05) is 13.1 Å². The van der Waals surface area contributed by atoms with E-state index in [-0.39, 0.29) is 0 Å². The third-order valence-electron chi connectivity index (χ3n) is 2.41. The Morgan fingerprint density at radius 3 is 3.10 bits per heavy atom. The summed E-state index contributed by atoms with van der Waals surface area (Å²) in [5.74, 6) is 1.29. The number of hydrogen-bond acceptors (Lipinski definition) is 2. The maximum Gasteiger partial charge on any atom is 0.0524 e. The average Bonchev–Trinajstić information content (AvgIpc) is 2.42. The lowest BCUT2D eigenvalue weighted by Crippen LogP contribution is -2.12. The van der Waals surface area contributed by atoms with Gasteiger partial charge in [0.2, 0.25) is 0 Å². The fourth-order valence-corrected chi connectivity index (χ4v) is 1.84. The van der Waals surface area contributed by atoms with E-state index in [2.05, 4.69) is 17.4 Å². The molecule has 0 bridgehead atoms. The van der Waals surface area contributed by atoms with Crippen LogP contribution >= 0.6 is 0 Å². The van der Waals surface area contributed by atoms with E-state index in [1.54, 1.807) is 5.01 Å². The van der Waals surface area contributed by atoms with Crippen LogP contribution in [-0.4, -0.2) is 18.1 Å². The summed E-state index contributed by atoms with van der Waals surface area (Å²) in [6.07, 6.45) is 5.55. The third kappa shape index (κ3) is 0.735. The molecule has 0 radical (unpaired) electrons. The summed E-state index contributed by atoms with van der Waals surface area (Å²) in [5.41, 5.74) is 0. The molecule has 0 saturated carbocycles. The second kappa shape index (κ2) is 2.08. The molecule has 1 heterocycles. The van der Waals surface area contributed by atoms with Crippen molar-refractivity contribution in [3.05, 3.63) is 17.1 Å². The lowest BCUT2D eigenvalue weighted by Gasteiger charge is -2.04. The topological polar surface area (TPSA) is 32.7 Å². The molecule has 2 rings (SSSR count). The lowest BCUT2D eigenvalue weighted by atomic mass is 10.0. The summed E-state index contributed by atoms with van der Waals surface area (Å²) in [7, 11) is 0. The quantitative estimate of drug-likeness (QED) is 0.402. The molecule has 2 aliphatic rings. The molecule has 3 nitrogen and oxygen atoms in total. The molecule has 3 heteroatoms. The van der Waals surface area contributed by atoms with Gasteiger partial charge in [-0.1, -0.05) is 12.2 Å². The van der Waals surface area contributed by atoms with Crippen LogP contribution in [0.2, 0.25) is 0 Å². The summed E-state index contributed by atoms with van der Waals surface area (Å²) < 4.78 is 0. The van der Waals surface area contributed by atoms with Crippen LogP contribution in [0.1, 0.15) is 6.42 Å². The van der Waals surface area contributed by atoms with Gasteiger partial charge in [0.25, 0.3) is 0 Å². The Labute approximate surface area is 59.7 Å². The molecular formula is C7H10N2O. The minimum atomic E-state index is 0.609. The van der Waals surface area contributed by atoms with Gasteiger partial charge in [0.15, 0.2) is 0 Å². The van der Waals surface area contributed by atoms with Crippen molar-refractivity contribution in [3.8, 4) is 0 Å². The Hall–Kier alpha value is -0.860. The number of rotatable bonds is 1. The molecular weight excluding hydrogens is 128 g/mol. The van der Waals surface area contributed by atoms with Crippen LogP contribution in [0.3, 0.4) is 0 Å². The number of nitroso groups, excluding NO2 is 1. The highest BCUT2D eigenvalue weighted by molar-refractivity contribution is 5.05. The van der Waals surface area contributed by atoms with Crippen LogP contribution in [-0.2, 0) is 0 Å². The Kier molecular flexibility index (Phi) is 1.22. The monoisotopic (exact) mass is 138 g/mol. The summed E-state index contributed by atoms with van der Waals surface area (Å²) in [6.45, 7) is 1.70. The smallest absolute Gasteiger partial charge is 0.0524 e. The molecule has 0 aromatic rings. The molecule has 2 atom stereocenters. The zero-order valence-corrected chi connectivity index (χ0v) is 5.73. The predicted octanol–water partition coefficient (Wildman–Crippen LogP) is 1.18. The zero-order valence-electron chi connectivity index (χ0n) is 5.73. The van der Waals surface area contributed by atoms with Crippen molar-refractivity contribution < 1.29 is 0 Å². The summed E-state index contributed by atoms with van der Waals surface area (Å²) in [4.78, 5) is 10.1. The van der Waals surface area contributed by atoms with E-state index in [1.807, 2.05) is 0 Å². The number of allylic oxidation sites excluding steroid dienone is 1. The Balaban J connectivity index is 2.05. The molecule has 0 amide bonds. The minimum Gasteiger partial charge on any atom is -0.260 e. The third-order valence-corrected chi connectivity index (χ3v) is 2.41. The first-order valence-electron chi connectivity index (χ1n) is 3.65. The van der Waals surface area contributed by atoms with Gasteiger partial charge in [0, 0.05) is 19.0 Å². The van der Waals surface area contributed by atoms with Crippen LogP contribution in [0.5, 0.6) is 0 Å². The van der Waals surface area contributed by atoms with Gasteiger partial charge in [-0.15, -0.1) is 4.91 Å². The summed E-state index contributed by atoms with van der Waals surface area (Å²) in [5, 5.41) is 4.54. The zero-order chi connectivity index (χ0) is 6.97. The fourth-order valence-electron chi connectivity index (χ4n) is 1.84. The average molecular weight is 138 g/mol. The van der Waals surface area contributed by atoms with Gasteiger partial charge in [-0.3, -0.25) is 5.01 Å². The molecule has 0 spiro atoms. The second-order valence-corrected chi connectivity index (χ2v) is 3.04. The molecule has 10 heavy (non-hydrogen) atoms. The van der Waals surface area contributed by atoms with Gasteiger partial charge < -0.3 is 0 Å². The molecule has 54 valence electrons. The maximum atomic E-state index is 10.1. The molecule has 1 aliphatic heterocycles. The van der Waals surface area contributed by atoms with Crippen LogP contribution in [0, 0.1) is 16.7 Å². The van der Waals surface area contributed by atoms with Gasteiger partial charge >= 0.3 is 0 Å². The second-order valence-electron chi connectivity index (χ2n) is 3.04. The van der Waals surface area contributed by atoms with E-state index in [1.165, 1.54) is 0 Å². The van der Waals surface area contributed by atoms with Gasteiger partial charge in [0.05, 0.1) is 5.29 Å². The Morgan fingerprint density at radius 1 is 1.50 bits per heavy atom. The van der Waals surface area contributed by atoms with Gasteiger partial charge in [-0.2, -0.15) is 0 Å². The first kappa shape index (κ1) is 5.89. The normalized spacial score (nSPS) is 36.6. The predicted molar refractivity (Wildman–Crippen MR) is 38.1 cm³/mol. The maximum absolute atomic E-state index is 10.1. The molecule has 0 aromatic heterocycles. The largest absolute Gasteiger partial charge is 0.260 e. The highest BCUT2D eigenvalue weighted by Crippen LogP contribution is 2.32. The van der Waals surface area contributed by atoms with Crippen LogP contribution in [0.4, 0.5) is 0 Å². The highest BCUT2D eigenvalue weighted by Gasteiger charge is 2.32. The summed E-state index contributed by atoms with van der Waals surface area (Å²) in [6, 6.07) is 0. The molecule has 2 unspecified atom stereocenters. The SMILES string of the molecule is O=NN1CC2C=CCC2C1. The van der Waals surface area contributed by atoms with Crippen molar-refractivity contribution in [1.29, 1.82) is 0 Å². The van der Waals surface area contributed by atoms with E-state index in [0.717, 1.165) is 19.5 Å². The van der Waals surface area contributed by atoms with Crippen molar-refractivity contribution in [1.82, 2.24) is 5.01 Å². The van der Waals surface area contributed by atoms with E-state index >= 15 is 0 Å². The Bertz CT molecular complexity index is 178. The summed E-state index contributed by atoms with van der Waals surface area (Å²) >= 11 is 0. The van der Waals surface area contributed by atoms with Crippen molar-refractivity contribution in [3.63, 3.8) is 0 Å². The fraction of sp³-hybridized carbons (Fsp3) is 0.714. The number of nitrogens with zero attached hydrogens (tertiary/aromatic N) is 2. The molecule has 0 N–H and O–H groups in total. The molecule has 1 fully saturated rings. The van der Waals surface area contributed by atoms with Crippen molar-refractivity contribution in [2.24, 2.45) is 17.1 Å². The van der Waals surface area contributed by atoms with Crippen LogP contribution in [0.15, 0.2) is 17.4 Å². The van der Waals surface area contributed by atoms with Crippen LogP contribution < -0.4 is 0 Å². The number of fused-ring (bicyclic) bond motifs is 1. The van der Waals surface area contributed by atoms with Gasteiger partial charge in [0.1, 0.15) is 0 Å². The van der Waals surface area contributed by atoms with E-state index in [0.29, 0.717) is 11.8 Å².